The van der Waals surface area contributed by atoms with Crippen LogP contribution in [0, 0.1) is 17.8 Å². The third kappa shape index (κ3) is 4.55. The molecule has 15 heavy (non-hydrogen) atoms. The molecule has 0 heterocycles. The molecule has 0 aromatic rings. The summed E-state index contributed by atoms with van der Waals surface area (Å²) < 4.78 is 0. The predicted molar refractivity (Wildman–Crippen MR) is 68.1 cm³/mol. The van der Waals surface area contributed by atoms with Crippen molar-refractivity contribution >= 4 is 0 Å². The van der Waals surface area contributed by atoms with Crippen molar-refractivity contribution in [2.45, 2.75) is 59.3 Å². The quantitative estimate of drug-likeness (QED) is 0.658. The van der Waals surface area contributed by atoms with E-state index >= 15 is 0 Å². The van der Waals surface area contributed by atoms with Crippen molar-refractivity contribution < 1.29 is 0 Å². The molecule has 0 amide bonds. The lowest BCUT2D eigenvalue weighted by atomic mass is 9.74. The van der Waals surface area contributed by atoms with Gasteiger partial charge in [-0.25, -0.2) is 0 Å². The Labute approximate surface area is 96.0 Å². The van der Waals surface area contributed by atoms with Gasteiger partial charge in [0.2, 0.25) is 0 Å². The summed E-state index contributed by atoms with van der Waals surface area (Å²) in [4.78, 5) is 0. The van der Waals surface area contributed by atoms with Gasteiger partial charge in [-0.05, 0) is 43.7 Å². The lowest BCUT2D eigenvalue weighted by Crippen LogP contribution is -2.24. The number of rotatable bonds is 6. The molecule has 3 unspecified atom stereocenters. The van der Waals surface area contributed by atoms with Crippen molar-refractivity contribution in [2.24, 2.45) is 17.8 Å². The van der Waals surface area contributed by atoms with Gasteiger partial charge in [-0.15, -0.1) is 0 Å². The summed E-state index contributed by atoms with van der Waals surface area (Å²) in [6.07, 6.45) is 8.74. The minimum absolute atomic E-state index is 0.929. The summed E-state index contributed by atoms with van der Waals surface area (Å²) in [5.41, 5.74) is 0. The summed E-state index contributed by atoms with van der Waals surface area (Å²) in [5, 5.41) is 3.44. The van der Waals surface area contributed by atoms with E-state index in [1.807, 2.05) is 0 Å². The lowest BCUT2D eigenvalue weighted by Gasteiger charge is -2.32. The Morgan fingerprint density at radius 2 is 2.07 bits per heavy atom. The Bertz CT molecular complexity index is 155. The van der Waals surface area contributed by atoms with E-state index in [1.165, 1.54) is 45.1 Å². The summed E-state index contributed by atoms with van der Waals surface area (Å²) in [5.74, 6) is 2.98. The van der Waals surface area contributed by atoms with E-state index in [0.29, 0.717) is 0 Å². The second kappa shape index (κ2) is 7.27. The molecule has 0 aliphatic heterocycles. The van der Waals surface area contributed by atoms with E-state index in [4.69, 9.17) is 0 Å². The number of hydrogen-bond acceptors (Lipinski definition) is 1. The standard InChI is InChI=1S/C14H29N/c1-4-13-7-6-8-14(11-13)12(3)9-10-15-5-2/h12-15H,4-11H2,1-3H3. The van der Waals surface area contributed by atoms with Crippen LogP contribution >= 0.6 is 0 Å². The highest BCUT2D eigenvalue weighted by Crippen LogP contribution is 2.36. The molecule has 1 rings (SSSR count). The first-order valence-corrected chi connectivity index (χ1v) is 6.98. The first-order chi connectivity index (χ1) is 7.27. The average Bonchev–Trinajstić information content (AvgIpc) is 2.29. The second-order valence-corrected chi connectivity index (χ2v) is 5.32. The monoisotopic (exact) mass is 211 g/mol. The molecule has 1 fully saturated rings. The van der Waals surface area contributed by atoms with E-state index in [0.717, 1.165) is 24.3 Å². The van der Waals surface area contributed by atoms with Crippen LogP contribution in [-0.2, 0) is 0 Å². The zero-order valence-corrected chi connectivity index (χ0v) is 10.9. The van der Waals surface area contributed by atoms with Gasteiger partial charge in [-0.2, -0.15) is 0 Å². The molecule has 0 spiro atoms. The lowest BCUT2D eigenvalue weighted by molar-refractivity contribution is 0.194. The van der Waals surface area contributed by atoms with Crippen molar-refractivity contribution in [3.63, 3.8) is 0 Å². The van der Waals surface area contributed by atoms with Crippen molar-refractivity contribution in [3.8, 4) is 0 Å². The minimum atomic E-state index is 0.929. The maximum atomic E-state index is 3.44. The van der Waals surface area contributed by atoms with Crippen molar-refractivity contribution in [2.75, 3.05) is 13.1 Å². The minimum Gasteiger partial charge on any atom is -0.317 e. The fraction of sp³-hybridized carbons (Fsp3) is 1.00. The smallest absolute Gasteiger partial charge is 0.00464 e. The summed E-state index contributed by atoms with van der Waals surface area (Å²) in [6, 6.07) is 0. The zero-order chi connectivity index (χ0) is 11.1. The van der Waals surface area contributed by atoms with E-state index in [9.17, 15) is 0 Å². The van der Waals surface area contributed by atoms with Crippen LogP contribution in [0.1, 0.15) is 59.3 Å². The van der Waals surface area contributed by atoms with Gasteiger partial charge in [0.05, 0.1) is 0 Å². The third-order valence-electron chi connectivity index (χ3n) is 4.23. The number of hydrogen-bond donors (Lipinski definition) is 1. The Morgan fingerprint density at radius 1 is 1.27 bits per heavy atom. The van der Waals surface area contributed by atoms with Gasteiger partial charge in [0.1, 0.15) is 0 Å². The molecule has 0 bridgehead atoms. The number of nitrogens with one attached hydrogen (secondary N) is 1. The summed E-state index contributed by atoms with van der Waals surface area (Å²) in [7, 11) is 0. The van der Waals surface area contributed by atoms with Crippen molar-refractivity contribution in [1.82, 2.24) is 5.32 Å². The largest absolute Gasteiger partial charge is 0.317 e. The van der Waals surface area contributed by atoms with Crippen LogP contribution < -0.4 is 5.32 Å². The molecule has 1 heteroatoms. The molecule has 0 radical (unpaired) electrons. The van der Waals surface area contributed by atoms with Crippen LogP contribution in [-0.4, -0.2) is 13.1 Å². The van der Waals surface area contributed by atoms with Crippen molar-refractivity contribution in [1.29, 1.82) is 0 Å². The Hall–Kier alpha value is -0.0400. The van der Waals surface area contributed by atoms with Gasteiger partial charge < -0.3 is 5.32 Å². The van der Waals surface area contributed by atoms with E-state index in [-0.39, 0.29) is 0 Å². The fourth-order valence-corrected chi connectivity index (χ4v) is 2.96. The highest BCUT2D eigenvalue weighted by atomic mass is 14.8. The first kappa shape index (κ1) is 13.0. The van der Waals surface area contributed by atoms with Gasteiger partial charge in [0, 0.05) is 0 Å². The highest BCUT2D eigenvalue weighted by Gasteiger charge is 2.24. The SMILES string of the molecule is CCNCCC(C)C1CCCC(CC)C1. The molecule has 1 saturated carbocycles. The normalized spacial score (nSPS) is 29.0. The zero-order valence-electron chi connectivity index (χ0n) is 10.9. The van der Waals surface area contributed by atoms with Crippen LogP contribution in [0.3, 0.4) is 0 Å². The first-order valence-electron chi connectivity index (χ1n) is 6.98. The molecule has 1 aliphatic carbocycles. The second-order valence-electron chi connectivity index (χ2n) is 5.32. The Morgan fingerprint density at radius 3 is 2.73 bits per heavy atom. The molecule has 0 aromatic carbocycles. The molecule has 3 atom stereocenters. The van der Waals surface area contributed by atoms with Gasteiger partial charge >= 0.3 is 0 Å². The highest BCUT2D eigenvalue weighted by molar-refractivity contribution is 4.76. The fourth-order valence-electron chi connectivity index (χ4n) is 2.96. The molecule has 90 valence electrons. The van der Waals surface area contributed by atoms with E-state index in [2.05, 4.69) is 26.1 Å². The van der Waals surface area contributed by atoms with Gasteiger partial charge in [0.15, 0.2) is 0 Å². The molecular formula is C14H29N. The molecule has 1 N–H and O–H groups in total. The van der Waals surface area contributed by atoms with Crippen LogP contribution in [0.25, 0.3) is 0 Å². The van der Waals surface area contributed by atoms with Crippen LogP contribution in [0.4, 0.5) is 0 Å². The maximum Gasteiger partial charge on any atom is -0.00464 e. The molecule has 0 saturated heterocycles. The average molecular weight is 211 g/mol. The third-order valence-corrected chi connectivity index (χ3v) is 4.23. The van der Waals surface area contributed by atoms with Gasteiger partial charge in [0.25, 0.3) is 0 Å². The van der Waals surface area contributed by atoms with Crippen LogP contribution in [0.5, 0.6) is 0 Å². The van der Waals surface area contributed by atoms with Gasteiger partial charge in [-0.1, -0.05) is 46.5 Å². The molecular weight excluding hydrogens is 182 g/mol. The predicted octanol–water partition coefficient (Wildman–Crippen LogP) is 3.84. The molecule has 1 aliphatic rings. The molecule has 0 aromatic heterocycles. The van der Waals surface area contributed by atoms with Gasteiger partial charge in [-0.3, -0.25) is 0 Å². The van der Waals surface area contributed by atoms with Crippen molar-refractivity contribution in [3.05, 3.63) is 0 Å². The van der Waals surface area contributed by atoms with Crippen LogP contribution in [0.15, 0.2) is 0 Å². The summed E-state index contributed by atoms with van der Waals surface area (Å²) in [6.45, 7) is 9.34. The van der Waals surface area contributed by atoms with Crippen LogP contribution in [0.2, 0.25) is 0 Å². The maximum absolute atomic E-state index is 3.44. The summed E-state index contributed by atoms with van der Waals surface area (Å²) >= 11 is 0. The Kier molecular flexibility index (Phi) is 6.31. The van der Waals surface area contributed by atoms with E-state index < -0.39 is 0 Å². The Balaban J connectivity index is 2.22. The van der Waals surface area contributed by atoms with E-state index in [1.54, 1.807) is 0 Å². The molecule has 1 nitrogen and oxygen atoms in total. The topological polar surface area (TPSA) is 12.0 Å².